The van der Waals surface area contributed by atoms with Crippen LogP contribution in [0.1, 0.15) is 24.0 Å². The van der Waals surface area contributed by atoms with Crippen molar-refractivity contribution >= 4 is 5.96 Å². The monoisotopic (exact) mass is 434 g/mol. The number of aliphatic imine (C=N–C) groups is 1. The molecule has 3 rings (SSSR count). The number of aromatic nitrogens is 1. The summed E-state index contributed by atoms with van der Waals surface area (Å²) in [6, 6.07) is 21.1. The average molecular weight is 435 g/mol. The average Bonchev–Trinajstić information content (AvgIpc) is 2.84. The second-order valence-corrected chi connectivity index (χ2v) is 7.15. The van der Waals surface area contributed by atoms with E-state index in [4.69, 9.17) is 9.47 Å². The lowest BCUT2D eigenvalue weighted by Crippen LogP contribution is -2.39. The van der Waals surface area contributed by atoms with Gasteiger partial charge in [0.15, 0.2) is 5.96 Å². The SMILES string of the molecule is CCNC(=NCc1ccc(Oc2cccc(OC)c2)nc1)NCC(CO)c1ccccc1. The zero-order valence-electron chi connectivity index (χ0n) is 18.5. The maximum Gasteiger partial charge on any atom is 0.219 e. The molecule has 0 radical (unpaired) electrons. The van der Waals surface area contributed by atoms with Crippen molar-refractivity contribution in [2.45, 2.75) is 19.4 Å². The van der Waals surface area contributed by atoms with E-state index < -0.39 is 0 Å². The molecule has 7 heteroatoms. The highest BCUT2D eigenvalue weighted by Gasteiger charge is 2.11. The van der Waals surface area contributed by atoms with Crippen LogP contribution in [0.15, 0.2) is 77.9 Å². The summed E-state index contributed by atoms with van der Waals surface area (Å²) in [6.45, 7) is 3.88. The Kier molecular flexibility index (Phi) is 8.89. The van der Waals surface area contributed by atoms with Gasteiger partial charge in [-0.3, -0.25) is 0 Å². The van der Waals surface area contributed by atoms with Crippen molar-refractivity contribution in [3.8, 4) is 17.4 Å². The van der Waals surface area contributed by atoms with E-state index in [2.05, 4.69) is 20.6 Å². The molecule has 1 unspecified atom stereocenters. The number of rotatable bonds is 10. The number of nitrogens with zero attached hydrogens (tertiary/aromatic N) is 2. The van der Waals surface area contributed by atoms with Crippen LogP contribution in [0.4, 0.5) is 0 Å². The maximum atomic E-state index is 9.76. The largest absolute Gasteiger partial charge is 0.497 e. The number of guanidine groups is 1. The lowest BCUT2D eigenvalue weighted by Gasteiger charge is -2.18. The summed E-state index contributed by atoms with van der Waals surface area (Å²) >= 11 is 0. The van der Waals surface area contributed by atoms with Crippen LogP contribution in [-0.4, -0.2) is 42.9 Å². The van der Waals surface area contributed by atoms with Crippen molar-refractivity contribution in [3.05, 3.63) is 84.1 Å². The van der Waals surface area contributed by atoms with Crippen molar-refractivity contribution in [3.63, 3.8) is 0 Å². The summed E-state index contributed by atoms with van der Waals surface area (Å²) < 4.78 is 11.0. The van der Waals surface area contributed by atoms with Crippen LogP contribution >= 0.6 is 0 Å². The van der Waals surface area contributed by atoms with E-state index in [1.807, 2.05) is 73.7 Å². The second-order valence-electron chi connectivity index (χ2n) is 7.15. The number of aliphatic hydroxyl groups excluding tert-OH is 1. The minimum Gasteiger partial charge on any atom is -0.497 e. The number of aliphatic hydroxyl groups is 1. The van der Waals surface area contributed by atoms with Gasteiger partial charge in [-0.25, -0.2) is 9.98 Å². The summed E-state index contributed by atoms with van der Waals surface area (Å²) in [5.74, 6) is 2.59. The Hall–Kier alpha value is -3.58. The lowest BCUT2D eigenvalue weighted by molar-refractivity contribution is 0.265. The molecule has 1 atom stereocenters. The molecule has 0 saturated carbocycles. The van der Waals surface area contributed by atoms with Gasteiger partial charge in [0.25, 0.3) is 0 Å². The summed E-state index contributed by atoms with van der Waals surface area (Å²) in [6.07, 6.45) is 1.75. The van der Waals surface area contributed by atoms with E-state index in [0.717, 1.165) is 23.4 Å². The molecule has 1 aromatic heterocycles. The molecule has 0 aliphatic rings. The Morgan fingerprint density at radius 3 is 2.53 bits per heavy atom. The minimum atomic E-state index is -0.00485. The van der Waals surface area contributed by atoms with E-state index in [9.17, 15) is 5.11 Å². The van der Waals surface area contributed by atoms with E-state index >= 15 is 0 Å². The number of hydrogen-bond acceptors (Lipinski definition) is 5. The molecule has 7 nitrogen and oxygen atoms in total. The molecule has 0 amide bonds. The molecule has 0 aliphatic carbocycles. The maximum absolute atomic E-state index is 9.76. The third-order valence-corrected chi connectivity index (χ3v) is 4.83. The fourth-order valence-electron chi connectivity index (χ4n) is 3.10. The van der Waals surface area contributed by atoms with E-state index in [0.29, 0.717) is 30.7 Å². The number of ether oxygens (including phenoxy) is 2. The lowest BCUT2D eigenvalue weighted by atomic mass is 10.0. The summed E-state index contributed by atoms with van der Waals surface area (Å²) in [5, 5.41) is 16.3. The first kappa shape index (κ1) is 23.1. The Morgan fingerprint density at radius 2 is 1.84 bits per heavy atom. The molecule has 3 aromatic rings. The van der Waals surface area contributed by atoms with Gasteiger partial charge in [0.2, 0.25) is 5.88 Å². The van der Waals surface area contributed by atoms with Gasteiger partial charge >= 0.3 is 0 Å². The van der Waals surface area contributed by atoms with E-state index in [1.165, 1.54) is 0 Å². The smallest absolute Gasteiger partial charge is 0.219 e. The molecule has 3 N–H and O–H groups in total. The van der Waals surface area contributed by atoms with Crippen molar-refractivity contribution in [1.82, 2.24) is 15.6 Å². The predicted octanol–water partition coefficient (Wildman–Crippen LogP) is 3.71. The molecule has 0 aliphatic heterocycles. The molecule has 0 saturated heterocycles. The van der Waals surface area contributed by atoms with Crippen molar-refractivity contribution in [2.75, 3.05) is 26.8 Å². The zero-order valence-corrected chi connectivity index (χ0v) is 18.5. The number of hydrogen-bond donors (Lipinski definition) is 3. The molecule has 0 spiro atoms. The summed E-state index contributed by atoms with van der Waals surface area (Å²) in [4.78, 5) is 9.01. The van der Waals surface area contributed by atoms with Gasteiger partial charge in [0.1, 0.15) is 11.5 Å². The minimum absolute atomic E-state index is 0.00485. The van der Waals surface area contributed by atoms with Crippen LogP contribution in [0.2, 0.25) is 0 Å². The van der Waals surface area contributed by atoms with Crippen molar-refractivity contribution < 1.29 is 14.6 Å². The first-order valence-corrected chi connectivity index (χ1v) is 10.7. The van der Waals surface area contributed by atoms with Crippen LogP contribution in [0, 0.1) is 0 Å². The number of methoxy groups -OCH3 is 1. The third-order valence-electron chi connectivity index (χ3n) is 4.83. The van der Waals surface area contributed by atoms with Gasteiger partial charge in [-0.2, -0.15) is 0 Å². The number of pyridine rings is 1. The van der Waals surface area contributed by atoms with Crippen LogP contribution in [0.25, 0.3) is 0 Å². The quantitative estimate of drug-likeness (QED) is 0.333. The Balaban J connectivity index is 1.58. The Labute approximate surface area is 189 Å². The Morgan fingerprint density at radius 1 is 1.03 bits per heavy atom. The first-order chi connectivity index (χ1) is 15.7. The van der Waals surface area contributed by atoms with E-state index in [1.54, 1.807) is 13.3 Å². The molecular formula is C25H30N4O3. The van der Waals surface area contributed by atoms with Gasteiger partial charge in [0, 0.05) is 37.3 Å². The number of nitrogens with one attached hydrogen (secondary N) is 2. The standard InChI is InChI=1S/C25H30N4O3/c1-3-26-25(29-17-21(18-30)20-8-5-4-6-9-20)28-16-19-12-13-24(27-15-19)32-23-11-7-10-22(14-23)31-2/h4-15,21,30H,3,16-18H2,1-2H3,(H2,26,28,29). The van der Waals surface area contributed by atoms with Crippen LogP contribution in [0.5, 0.6) is 17.4 Å². The fraction of sp³-hybridized carbons (Fsp3) is 0.280. The fourth-order valence-corrected chi connectivity index (χ4v) is 3.10. The molecule has 168 valence electrons. The molecule has 1 heterocycles. The van der Waals surface area contributed by atoms with Crippen LogP contribution in [-0.2, 0) is 6.54 Å². The van der Waals surface area contributed by atoms with Crippen molar-refractivity contribution in [2.24, 2.45) is 4.99 Å². The highest BCUT2D eigenvalue weighted by molar-refractivity contribution is 5.79. The topological polar surface area (TPSA) is 88.0 Å². The van der Waals surface area contributed by atoms with Gasteiger partial charge < -0.3 is 25.2 Å². The third kappa shape index (κ3) is 6.99. The second kappa shape index (κ2) is 12.3. The highest BCUT2D eigenvalue weighted by atomic mass is 16.5. The highest BCUT2D eigenvalue weighted by Crippen LogP contribution is 2.23. The summed E-state index contributed by atoms with van der Waals surface area (Å²) in [7, 11) is 1.62. The van der Waals surface area contributed by atoms with Gasteiger partial charge in [-0.05, 0) is 30.2 Å². The zero-order chi connectivity index (χ0) is 22.6. The van der Waals surface area contributed by atoms with Gasteiger partial charge in [0.05, 0.1) is 20.3 Å². The predicted molar refractivity (Wildman–Crippen MR) is 126 cm³/mol. The van der Waals surface area contributed by atoms with Gasteiger partial charge in [-0.1, -0.05) is 42.5 Å². The van der Waals surface area contributed by atoms with Gasteiger partial charge in [-0.15, -0.1) is 0 Å². The molecular weight excluding hydrogens is 404 g/mol. The molecule has 0 fully saturated rings. The van der Waals surface area contributed by atoms with Crippen LogP contribution < -0.4 is 20.1 Å². The Bertz CT molecular complexity index is 978. The number of benzene rings is 2. The first-order valence-electron chi connectivity index (χ1n) is 10.7. The normalized spacial score (nSPS) is 12.2. The van der Waals surface area contributed by atoms with E-state index in [-0.39, 0.29) is 12.5 Å². The molecule has 2 aromatic carbocycles. The van der Waals surface area contributed by atoms with Crippen molar-refractivity contribution in [1.29, 1.82) is 0 Å². The van der Waals surface area contributed by atoms with Crippen LogP contribution in [0.3, 0.4) is 0 Å². The summed E-state index contributed by atoms with van der Waals surface area (Å²) in [5.41, 5.74) is 2.05. The molecule has 32 heavy (non-hydrogen) atoms. The molecule has 0 bridgehead atoms.